The fourth-order valence-corrected chi connectivity index (χ4v) is 2.68. The standard InChI is InChI=1S/C13H23BrO4/c1-4-10(14)12-6-5-11(16)13(18-9(3)15)7-8(2)17-12/h8,10-13,16H,4-7H2,1-3H3/t8?,10-,11?,12?,13?/m0/s1. The van der Waals surface area contributed by atoms with Crippen LogP contribution in [0.3, 0.4) is 0 Å². The molecule has 0 aromatic rings. The lowest BCUT2D eigenvalue weighted by atomic mass is 9.97. The highest BCUT2D eigenvalue weighted by molar-refractivity contribution is 9.09. The van der Waals surface area contributed by atoms with Crippen molar-refractivity contribution in [3.05, 3.63) is 0 Å². The van der Waals surface area contributed by atoms with Crippen LogP contribution in [0.4, 0.5) is 0 Å². The lowest BCUT2D eigenvalue weighted by molar-refractivity contribution is -0.159. The molecule has 4 unspecified atom stereocenters. The molecule has 5 atom stereocenters. The van der Waals surface area contributed by atoms with E-state index in [0.29, 0.717) is 17.7 Å². The van der Waals surface area contributed by atoms with E-state index in [9.17, 15) is 9.90 Å². The molecule has 1 rings (SSSR count). The van der Waals surface area contributed by atoms with Crippen molar-refractivity contribution in [1.82, 2.24) is 0 Å². The van der Waals surface area contributed by atoms with Crippen LogP contribution in [0.25, 0.3) is 0 Å². The minimum absolute atomic E-state index is 0.0269. The first-order chi connectivity index (χ1) is 8.43. The van der Waals surface area contributed by atoms with Crippen molar-refractivity contribution in [3.8, 4) is 0 Å². The van der Waals surface area contributed by atoms with Gasteiger partial charge in [-0.15, -0.1) is 0 Å². The molecule has 1 fully saturated rings. The predicted molar refractivity (Wildman–Crippen MR) is 72.8 cm³/mol. The highest BCUT2D eigenvalue weighted by Crippen LogP contribution is 2.26. The minimum atomic E-state index is -0.598. The largest absolute Gasteiger partial charge is 0.460 e. The van der Waals surface area contributed by atoms with Crippen molar-refractivity contribution in [3.63, 3.8) is 0 Å². The molecule has 0 amide bonds. The van der Waals surface area contributed by atoms with Crippen LogP contribution in [0.15, 0.2) is 0 Å². The van der Waals surface area contributed by atoms with E-state index in [1.807, 2.05) is 6.92 Å². The number of hydrogen-bond acceptors (Lipinski definition) is 4. The maximum Gasteiger partial charge on any atom is 0.302 e. The summed E-state index contributed by atoms with van der Waals surface area (Å²) in [6.45, 7) is 5.42. The lowest BCUT2D eigenvalue weighted by Crippen LogP contribution is -2.40. The number of hydrogen-bond donors (Lipinski definition) is 1. The average Bonchev–Trinajstić information content (AvgIpc) is 2.30. The molecule has 1 aliphatic heterocycles. The minimum Gasteiger partial charge on any atom is -0.460 e. The van der Waals surface area contributed by atoms with Crippen molar-refractivity contribution in [2.24, 2.45) is 0 Å². The summed E-state index contributed by atoms with van der Waals surface area (Å²) in [7, 11) is 0. The van der Waals surface area contributed by atoms with E-state index in [0.717, 1.165) is 12.8 Å². The summed E-state index contributed by atoms with van der Waals surface area (Å²) < 4.78 is 11.1. The van der Waals surface area contributed by atoms with Gasteiger partial charge in [0.1, 0.15) is 6.10 Å². The van der Waals surface area contributed by atoms with Crippen molar-refractivity contribution >= 4 is 21.9 Å². The Kier molecular flexibility index (Phi) is 6.60. The monoisotopic (exact) mass is 322 g/mol. The van der Waals surface area contributed by atoms with Crippen LogP contribution < -0.4 is 0 Å². The third-order valence-electron chi connectivity index (χ3n) is 3.26. The fourth-order valence-electron chi connectivity index (χ4n) is 2.30. The van der Waals surface area contributed by atoms with Crippen LogP contribution in [0.5, 0.6) is 0 Å². The summed E-state index contributed by atoms with van der Waals surface area (Å²) in [5.74, 6) is -0.352. The van der Waals surface area contributed by atoms with E-state index >= 15 is 0 Å². The SMILES string of the molecule is CC[C@H](Br)C1CCC(O)C(OC(C)=O)CC(C)O1. The number of carbonyl (C=O) groups excluding carboxylic acids is 1. The summed E-state index contributed by atoms with van der Waals surface area (Å²) in [6, 6.07) is 0. The van der Waals surface area contributed by atoms with E-state index in [4.69, 9.17) is 9.47 Å². The van der Waals surface area contributed by atoms with Crippen LogP contribution >= 0.6 is 15.9 Å². The van der Waals surface area contributed by atoms with Crippen molar-refractivity contribution in [2.45, 2.75) is 75.7 Å². The molecule has 0 spiro atoms. The third-order valence-corrected chi connectivity index (χ3v) is 4.50. The van der Waals surface area contributed by atoms with Gasteiger partial charge in [-0.2, -0.15) is 0 Å². The Morgan fingerprint density at radius 2 is 2.22 bits per heavy atom. The number of aliphatic hydroxyl groups excluding tert-OH is 1. The van der Waals surface area contributed by atoms with Crippen molar-refractivity contribution in [2.75, 3.05) is 0 Å². The van der Waals surface area contributed by atoms with Crippen LogP contribution in [0, 0.1) is 0 Å². The van der Waals surface area contributed by atoms with Crippen LogP contribution in [0.1, 0.15) is 46.5 Å². The smallest absolute Gasteiger partial charge is 0.302 e. The maximum atomic E-state index is 11.0. The molecule has 0 bridgehead atoms. The summed E-state index contributed by atoms with van der Waals surface area (Å²) in [4.78, 5) is 11.3. The number of esters is 1. The van der Waals surface area contributed by atoms with Gasteiger partial charge < -0.3 is 14.6 Å². The summed E-state index contributed by atoms with van der Waals surface area (Å²) in [5, 5.41) is 10.1. The second kappa shape index (κ2) is 7.46. The van der Waals surface area contributed by atoms with Gasteiger partial charge in [0.25, 0.3) is 0 Å². The molecule has 1 saturated heterocycles. The molecular weight excluding hydrogens is 300 g/mol. The zero-order valence-corrected chi connectivity index (χ0v) is 12.9. The number of halogens is 1. The maximum absolute atomic E-state index is 11.0. The quantitative estimate of drug-likeness (QED) is 0.640. The second-order valence-corrected chi connectivity index (χ2v) is 6.11. The normalized spacial score (nSPS) is 35.4. The molecule has 0 aliphatic carbocycles. The number of ether oxygens (including phenoxy) is 2. The Hall–Kier alpha value is -0.130. The molecule has 106 valence electrons. The number of carbonyl (C=O) groups is 1. The summed E-state index contributed by atoms with van der Waals surface area (Å²) in [5.41, 5.74) is 0. The van der Waals surface area contributed by atoms with Crippen molar-refractivity contribution in [1.29, 1.82) is 0 Å². The number of rotatable bonds is 3. The molecule has 0 saturated carbocycles. The van der Waals surface area contributed by atoms with Gasteiger partial charge in [-0.1, -0.05) is 22.9 Å². The molecule has 1 N–H and O–H groups in total. The molecular formula is C13H23BrO4. The fraction of sp³-hybridized carbons (Fsp3) is 0.923. The Morgan fingerprint density at radius 1 is 1.56 bits per heavy atom. The first kappa shape index (κ1) is 15.9. The average molecular weight is 323 g/mol. The third kappa shape index (κ3) is 4.86. The van der Waals surface area contributed by atoms with Crippen LogP contribution in [-0.2, 0) is 14.3 Å². The van der Waals surface area contributed by atoms with Crippen molar-refractivity contribution < 1.29 is 19.4 Å². The Bertz CT molecular complexity index is 272. The predicted octanol–water partition coefficient (Wildman–Crippen LogP) is 2.41. The van der Waals surface area contributed by atoms with E-state index in [1.165, 1.54) is 6.92 Å². The molecule has 0 aromatic heterocycles. The second-order valence-electron chi connectivity index (χ2n) is 4.94. The first-order valence-corrected chi connectivity index (χ1v) is 7.50. The Morgan fingerprint density at radius 3 is 2.78 bits per heavy atom. The van der Waals surface area contributed by atoms with E-state index < -0.39 is 12.2 Å². The van der Waals surface area contributed by atoms with Gasteiger partial charge in [0.15, 0.2) is 0 Å². The van der Waals surface area contributed by atoms with E-state index in [-0.39, 0.29) is 18.2 Å². The highest BCUT2D eigenvalue weighted by Gasteiger charge is 2.31. The van der Waals surface area contributed by atoms with Gasteiger partial charge in [0.05, 0.1) is 18.3 Å². The lowest BCUT2D eigenvalue weighted by Gasteiger charge is -2.33. The topological polar surface area (TPSA) is 55.8 Å². The molecule has 5 heteroatoms. The van der Waals surface area contributed by atoms with Gasteiger partial charge in [-0.05, 0) is 26.2 Å². The number of alkyl halides is 1. The molecule has 0 aromatic carbocycles. The molecule has 1 heterocycles. The Balaban J connectivity index is 2.62. The van der Waals surface area contributed by atoms with Gasteiger partial charge in [0.2, 0.25) is 0 Å². The summed E-state index contributed by atoms with van der Waals surface area (Å²) in [6.07, 6.45) is 1.93. The zero-order valence-electron chi connectivity index (χ0n) is 11.3. The summed E-state index contributed by atoms with van der Waals surface area (Å²) >= 11 is 3.61. The van der Waals surface area contributed by atoms with Gasteiger partial charge in [-0.3, -0.25) is 4.79 Å². The van der Waals surface area contributed by atoms with Gasteiger partial charge >= 0.3 is 5.97 Å². The molecule has 4 nitrogen and oxygen atoms in total. The van der Waals surface area contributed by atoms with Crippen LogP contribution in [-0.4, -0.2) is 40.3 Å². The van der Waals surface area contributed by atoms with E-state index in [2.05, 4.69) is 22.9 Å². The Labute approximate surface area is 117 Å². The van der Waals surface area contributed by atoms with Crippen LogP contribution in [0.2, 0.25) is 0 Å². The van der Waals surface area contributed by atoms with Gasteiger partial charge in [-0.25, -0.2) is 0 Å². The highest BCUT2D eigenvalue weighted by atomic mass is 79.9. The first-order valence-electron chi connectivity index (χ1n) is 6.58. The molecule has 18 heavy (non-hydrogen) atoms. The zero-order chi connectivity index (χ0) is 13.7. The van der Waals surface area contributed by atoms with Gasteiger partial charge in [0, 0.05) is 18.2 Å². The molecule has 1 aliphatic rings. The molecule has 0 radical (unpaired) electrons. The van der Waals surface area contributed by atoms with E-state index in [1.54, 1.807) is 0 Å². The number of aliphatic hydroxyl groups is 1.